The number of nitrogens with zero attached hydrogens (tertiary/aromatic N) is 4. The maximum Gasteiger partial charge on any atom is 0.420 e. The van der Waals surface area contributed by atoms with Gasteiger partial charge in [-0.15, -0.1) is 0 Å². The van der Waals surface area contributed by atoms with E-state index >= 15 is 0 Å². The van der Waals surface area contributed by atoms with Crippen LogP contribution in [0.15, 0.2) is 56.2 Å². The van der Waals surface area contributed by atoms with E-state index in [2.05, 4.69) is 10.1 Å². The Balaban J connectivity index is 1.39. The molecule has 5 rings (SSSR count). The molecule has 1 amide bonds. The lowest BCUT2D eigenvalue weighted by Crippen LogP contribution is -2.24. The zero-order valence-corrected chi connectivity index (χ0v) is 17.9. The van der Waals surface area contributed by atoms with Gasteiger partial charge in [-0.25, -0.2) is 4.79 Å². The number of hydrogen-bond acceptors (Lipinski definition) is 7. The average Bonchev–Trinajstić information content (AvgIpc) is 3.49. The van der Waals surface area contributed by atoms with Gasteiger partial charge in [-0.2, -0.15) is 4.98 Å². The van der Waals surface area contributed by atoms with Gasteiger partial charge < -0.3 is 18.6 Å². The van der Waals surface area contributed by atoms with Gasteiger partial charge in [-0.3, -0.25) is 9.36 Å². The Morgan fingerprint density at radius 3 is 2.62 bits per heavy atom. The third-order valence-corrected chi connectivity index (χ3v) is 5.69. The molecule has 0 aliphatic carbocycles. The Bertz CT molecular complexity index is 1350. The van der Waals surface area contributed by atoms with Crippen molar-refractivity contribution in [1.29, 1.82) is 0 Å². The molecule has 2 aromatic carbocycles. The lowest BCUT2D eigenvalue weighted by atomic mass is 10.1. The van der Waals surface area contributed by atoms with E-state index in [9.17, 15) is 9.59 Å². The highest BCUT2D eigenvalue weighted by molar-refractivity contribution is 5.96. The summed E-state index contributed by atoms with van der Waals surface area (Å²) in [5, 5.41) is 4.09. The zero-order valence-electron chi connectivity index (χ0n) is 17.9. The molecule has 1 atom stereocenters. The van der Waals surface area contributed by atoms with Gasteiger partial charge in [0.1, 0.15) is 5.75 Å². The number of aromatic nitrogens is 3. The van der Waals surface area contributed by atoms with E-state index < -0.39 is 5.76 Å². The van der Waals surface area contributed by atoms with Gasteiger partial charge in [0.2, 0.25) is 17.6 Å². The molecular formula is C23H22N4O5. The Morgan fingerprint density at radius 1 is 1.12 bits per heavy atom. The van der Waals surface area contributed by atoms with Gasteiger partial charge in [-0.1, -0.05) is 5.16 Å². The van der Waals surface area contributed by atoms with Gasteiger partial charge >= 0.3 is 5.76 Å². The van der Waals surface area contributed by atoms with Crippen molar-refractivity contribution in [3.63, 3.8) is 0 Å². The fourth-order valence-electron chi connectivity index (χ4n) is 4.07. The van der Waals surface area contributed by atoms with Crippen molar-refractivity contribution in [2.75, 3.05) is 18.6 Å². The molecule has 164 valence electrons. The number of ether oxygens (including phenoxy) is 1. The predicted molar refractivity (Wildman–Crippen MR) is 117 cm³/mol. The molecule has 1 fully saturated rings. The minimum Gasteiger partial charge on any atom is -0.497 e. The molecular weight excluding hydrogens is 412 g/mol. The minimum absolute atomic E-state index is 0.00173. The molecule has 9 heteroatoms. The Kier molecular flexibility index (Phi) is 4.80. The fraction of sp³-hybridized carbons (Fsp3) is 0.304. The molecule has 32 heavy (non-hydrogen) atoms. The minimum atomic E-state index is -0.399. The molecule has 1 aliphatic rings. The second-order valence-electron chi connectivity index (χ2n) is 8.07. The smallest absolute Gasteiger partial charge is 0.420 e. The zero-order chi connectivity index (χ0) is 22.4. The van der Waals surface area contributed by atoms with Crippen LogP contribution >= 0.6 is 0 Å². The number of anilines is 1. The maximum absolute atomic E-state index is 12.6. The molecule has 0 saturated carbocycles. The topological polar surface area (TPSA) is 104 Å². The third-order valence-electron chi connectivity index (χ3n) is 5.69. The van der Waals surface area contributed by atoms with Crippen LogP contribution in [0.1, 0.15) is 38.1 Å². The second-order valence-corrected chi connectivity index (χ2v) is 8.07. The van der Waals surface area contributed by atoms with Crippen molar-refractivity contribution in [2.24, 2.45) is 0 Å². The second kappa shape index (κ2) is 7.67. The Hall–Kier alpha value is -3.88. The number of oxazole rings is 1. The quantitative estimate of drug-likeness (QED) is 0.471. The van der Waals surface area contributed by atoms with Crippen LogP contribution in [0.3, 0.4) is 0 Å². The standard InChI is InChI=1S/C23H22N4O5/c1-13(2)27-18-9-4-14(10-19(18)31-23(27)29)21-24-22(32-25-21)15-11-20(28)26(12-15)16-5-7-17(30-3)8-6-16/h4-10,13,15H,11-12H2,1-3H3/t15-/m1/s1. The van der Waals surface area contributed by atoms with E-state index in [1.54, 1.807) is 22.6 Å². The number of benzene rings is 2. The molecule has 0 spiro atoms. The summed E-state index contributed by atoms with van der Waals surface area (Å²) in [7, 11) is 1.60. The lowest BCUT2D eigenvalue weighted by Gasteiger charge is -2.16. The monoisotopic (exact) mass is 434 g/mol. The van der Waals surface area contributed by atoms with Crippen LogP contribution in [0.4, 0.5) is 5.69 Å². The Morgan fingerprint density at radius 2 is 1.91 bits per heavy atom. The molecule has 4 aromatic rings. The number of rotatable bonds is 5. The number of carbonyl (C=O) groups excluding carboxylic acids is 1. The Labute approximate surface area is 183 Å². The number of hydrogen-bond donors (Lipinski definition) is 0. The van der Waals surface area contributed by atoms with E-state index in [0.717, 1.165) is 11.4 Å². The molecule has 1 aliphatic heterocycles. The van der Waals surface area contributed by atoms with Crippen molar-refractivity contribution in [2.45, 2.75) is 32.2 Å². The van der Waals surface area contributed by atoms with E-state index in [-0.39, 0.29) is 17.9 Å². The van der Waals surface area contributed by atoms with Crippen LogP contribution in [0.5, 0.6) is 5.75 Å². The maximum atomic E-state index is 12.6. The van der Waals surface area contributed by atoms with E-state index in [4.69, 9.17) is 13.7 Å². The van der Waals surface area contributed by atoms with Gasteiger partial charge in [-0.05, 0) is 56.3 Å². The van der Waals surface area contributed by atoms with Crippen molar-refractivity contribution >= 4 is 22.7 Å². The first kappa shape index (κ1) is 20.0. The summed E-state index contributed by atoms with van der Waals surface area (Å²) in [5.74, 6) is 0.926. The van der Waals surface area contributed by atoms with Gasteiger partial charge in [0.25, 0.3) is 0 Å². The third kappa shape index (κ3) is 3.35. The van der Waals surface area contributed by atoms with E-state index in [0.29, 0.717) is 41.3 Å². The summed E-state index contributed by atoms with van der Waals surface area (Å²) in [5.41, 5.74) is 2.66. The number of carbonyl (C=O) groups is 1. The average molecular weight is 434 g/mol. The summed E-state index contributed by atoms with van der Waals surface area (Å²) >= 11 is 0. The molecule has 0 N–H and O–H groups in total. The van der Waals surface area contributed by atoms with Crippen LogP contribution in [0, 0.1) is 0 Å². The van der Waals surface area contributed by atoms with Gasteiger partial charge in [0, 0.05) is 30.3 Å². The summed E-state index contributed by atoms with van der Waals surface area (Å²) < 4.78 is 17.7. The van der Waals surface area contributed by atoms with Crippen molar-refractivity contribution in [3.05, 3.63) is 58.9 Å². The summed E-state index contributed by atoms with van der Waals surface area (Å²) in [6.45, 7) is 4.31. The molecule has 0 bridgehead atoms. The van der Waals surface area contributed by atoms with Crippen molar-refractivity contribution < 1.29 is 18.5 Å². The number of methoxy groups -OCH3 is 1. The normalized spacial score (nSPS) is 16.4. The predicted octanol–water partition coefficient (Wildman–Crippen LogP) is 3.75. The van der Waals surface area contributed by atoms with Crippen LogP contribution in [0.25, 0.3) is 22.5 Å². The molecule has 3 heterocycles. The first-order chi connectivity index (χ1) is 15.4. The summed E-state index contributed by atoms with van der Waals surface area (Å²) in [4.78, 5) is 30.9. The summed E-state index contributed by atoms with van der Waals surface area (Å²) in [6.07, 6.45) is 0.290. The SMILES string of the molecule is COc1ccc(N2C[C@H](c3nc(-c4ccc5c(c4)oc(=O)n5C(C)C)no3)CC2=O)cc1. The van der Waals surface area contributed by atoms with Crippen LogP contribution in [0.2, 0.25) is 0 Å². The molecule has 2 aromatic heterocycles. The first-order valence-corrected chi connectivity index (χ1v) is 10.4. The van der Waals surface area contributed by atoms with Crippen LogP contribution in [-0.2, 0) is 4.79 Å². The van der Waals surface area contributed by atoms with Gasteiger partial charge in [0.05, 0.1) is 18.5 Å². The molecule has 0 unspecified atom stereocenters. The highest BCUT2D eigenvalue weighted by Gasteiger charge is 2.35. The lowest BCUT2D eigenvalue weighted by molar-refractivity contribution is -0.117. The number of fused-ring (bicyclic) bond motifs is 1. The highest BCUT2D eigenvalue weighted by atomic mass is 16.5. The fourth-order valence-corrected chi connectivity index (χ4v) is 4.07. The van der Waals surface area contributed by atoms with E-state index in [1.807, 2.05) is 50.2 Å². The molecule has 0 radical (unpaired) electrons. The summed E-state index contributed by atoms with van der Waals surface area (Å²) in [6, 6.07) is 12.7. The van der Waals surface area contributed by atoms with Crippen LogP contribution in [-0.4, -0.2) is 34.3 Å². The highest BCUT2D eigenvalue weighted by Crippen LogP contribution is 2.33. The van der Waals surface area contributed by atoms with Crippen molar-refractivity contribution in [1.82, 2.24) is 14.7 Å². The van der Waals surface area contributed by atoms with Crippen LogP contribution < -0.4 is 15.4 Å². The molecule has 1 saturated heterocycles. The van der Waals surface area contributed by atoms with E-state index in [1.165, 1.54) is 0 Å². The largest absolute Gasteiger partial charge is 0.497 e. The van der Waals surface area contributed by atoms with Gasteiger partial charge in [0.15, 0.2) is 5.58 Å². The molecule has 9 nitrogen and oxygen atoms in total. The number of amides is 1. The first-order valence-electron chi connectivity index (χ1n) is 10.4. The van der Waals surface area contributed by atoms with Crippen molar-refractivity contribution in [3.8, 4) is 17.1 Å².